The first-order valence-corrected chi connectivity index (χ1v) is 9.40. The van der Waals surface area contributed by atoms with E-state index in [9.17, 15) is 9.59 Å². The lowest BCUT2D eigenvalue weighted by Gasteiger charge is -2.36. The van der Waals surface area contributed by atoms with Crippen LogP contribution in [-0.4, -0.2) is 51.8 Å². The molecule has 1 aromatic carbocycles. The van der Waals surface area contributed by atoms with Crippen molar-refractivity contribution in [3.05, 3.63) is 69.1 Å². The third-order valence-electron chi connectivity index (χ3n) is 5.02. The van der Waals surface area contributed by atoms with Gasteiger partial charge in [-0.1, -0.05) is 24.3 Å². The van der Waals surface area contributed by atoms with Crippen molar-refractivity contribution in [1.29, 1.82) is 0 Å². The number of hydrogen-bond donors (Lipinski definition) is 0. The smallest absolute Gasteiger partial charge is 0.271 e. The second kappa shape index (κ2) is 6.66. The molecule has 3 heterocycles. The molecule has 1 aliphatic heterocycles. The van der Waals surface area contributed by atoms with Crippen LogP contribution in [0, 0.1) is 0 Å². The van der Waals surface area contributed by atoms with Gasteiger partial charge in [-0.25, -0.2) is 4.98 Å². The number of likely N-dealkylation sites (N-methyl/N-ethyl adjacent to an activating group) is 2. The lowest BCUT2D eigenvalue weighted by molar-refractivity contribution is 0.0731. The molecule has 0 saturated carbocycles. The number of amides is 1. The predicted molar refractivity (Wildman–Crippen MR) is 102 cm³/mol. The quantitative estimate of drug-likeness (QED) is 0.708. The van der Waals surface area contributed by atoms with Crippen molar-refractivity contribution in [3.8, 4) is 0 Å². The summed E-state index contributed by atoms with van der Waals surface area (Å²) in [5.74, 6) is -0.282. The van der Waals surface area contributed by atoms with Crippen LogP contribution >= 0.6 is 11.3 Å². The zero-order valence-corrected chi connectivity index (χ0v) is 15.6. The van der Waals surface area contributed by atoms with Gasteiger partial charge in [-0.2, -0.15) is 0 Å². The first-order valence-electron chi connectivity index (χ1n) is 8.52. The number of rotatable bonds is 3. The minimum atomic E-state index is -0.310. The van der Waals surface area contributed by atoms with Crippen molar-refractivity contribution in [2.75, 3.05) is 20.6 Å². The normalized spacial score (nSPS) is 17.2. The molecule has 7 heteroatoms. The van der Waals surface area contributed by atoms with E-state index in [1.807, 2.05) is 0 Å². The molecule has 0 radical (unpaired) electrons. The summed E-state index contributed by atoms with van der Waals surface area (Å²) in [7, 11) is 3.82. The monoisotopic (exact) mass is 368 g/mol. The minimum Gasteiger partial charge on any atom is -0.340 e. The van der Waals surface area contributed by atoms with Crippen LogP contribution in [0.4, 0.5) is 0 Å². The first kappa shape index (κ1) is 16.9. The maximum absolute atomic E-state index is 12.8. The van der Waals surface area contributed by atoms with Crippen LogP contribution in [0.2, 0.25) is 0 Å². The molecular weight excluding hydrogens is 348 g/mol. The maximum Gasteiger partial charge on any atom is 0.271 e. The Morgan fingerprint density at radius 3 is 2.92 bits per heavy atom. The second-order valence-corrected chi connectivity index (χ2v) is 7.63. The van der Waals surface area contributed by atoms with Crippen molar-refractivity contribution >= 4 is 22.2 Å². The Bertz CT molecular complexity index is 1030. The number of benzene rings is 1. The SMILES string of the molecule is CN(CC1Cc2ccccc2CN1C)C(=O)c1cnc2sccn2c1=O. The fourth-order valence-electron chi connectivity index (χ4n) is 3.50. The van der Waals surface area contributed by atoms with Crippen LogP contribution in [-0.2, 0) is 13.0 Å². The molecule has 3 aromatic rings. The van der Waals surface area contributed by atoms with Crippen molar-refractivity contribution in [1.82, 2.24) is 19.2 Å². The number of hydrogen-bond acceptors (Lipinski definition) is 5. The van der Waals surface area contributed by atoms with Crippen LogP contribution < -0.4 is 5.56 Å². The highest BCUT2D eigenvalue weighted by molar-refractivity contribution is 7.15. The Morgan fingerprint density at radius 1 is 1.35 bits per heavy atom. The lowest BCUT2D eigenvalue weighted by atomic mass is 9.94. The van der Waals surface area contributed by atoms with E-state index < -0.39 is 0 Å². The molecule has 0 fully saturated rings. The van der Waals surface area contributed by atoms with E-state index >= 15 is 0 Å². The molecular formula is C19H20N4O2S. The van der Waals surface area contributed by atoms with E-state index in [-0.39, 0.29) is 23.1 Å². The average molecular weight is 368 g/mol. The van der Waals surface area contributed by atoms with E-state index in [2.05, 4.69) is 41.2 Å². The van der Waals surface area contributed by atoms with Crippen LogP contribution in [0.5, 0.6) is 0 Å². The number of thiazole rings is 1. The minimum absolute atomic E-state index is 0.113. The summed E-state index contributed by atoms with van der Waals surface area (Å²) in [5.41, 5.74) is 2.47. The lowest BCUT2D eigenvalue weighted by Crippen LogP contribution is -2.46. The van der Waals surface area contributed by atoms with E-state index in [1.54, 1.807) is 23.5 Å². The summed E-state index contributed by atoms with van der Waals surface area (Å²) in [5, 5.41) is 1.79. The van der Waals surface area contributed by atoms with Gasteiger partial charge in [0.15, 0.2) is 4.96 Å². The average Bonchev–Trinajstić information content (AvgIpc) is 3.12. The number of fused-ring (bicyclic) bond motifs is 2. The molecule has 1 unspecified atom stereocenters. The van der Waals surface area contributed by atoms with Crippen LogP contribution in [0.1, 0.15) is 21.5 Å². The van der Waals surface area contributed by atoms with Gasteiger partial charge in [0, 0.05) is 44.0 Å². The summed E-state index contributed by atoms with van der Waals surface area (Å²) >= 11 is 1.37. The van der Waals surface area contributed by atoms with Gasteiger partial charge in [-0.05, 0) is 24.6 Å². The van der Waals surface area contributed by atoms with Crippen molar-refractivity contribution in [2.45, 2.75) is 19.0 Å². The zero-order valence-electron chi connectivity index (χ0n) is 14.8. The van der Waals surface area contributed by atoms with Crippen molar-refractivity contribution in [3.63, 3.8) is 0 Å². The molecule has 26 heavy (non-hydrogen) atoms. The molecule has 0 aliphatic carbocycles. The van der Waals surface area contributed by atoms with E-state index in [0.29, 0.717) is 11.5 Å². The molecule has 0 bridgehead atoms. The van der Waals surface area contributed by atoms with Gasteiger partial charge < -0.3 is 4.90 Å². The van der Waals surface area contributed by atoms with Crippen LogP contribution in [0.15, 0.2) is 46.8 Å². The van der Waals surface area contributed by atoms with Gasteiger partial charge in [0.1, 0.15) is 5.56 Å². The van der Waals surface area contributed by atoms with Gasteiger partial charge >= 0.3 is 0 Å². The van der Waals surface area contributed by atoms with Crippen molar-refractivity contribution in [2.24, 2.45) is 0 Å². The van der Waals surface area contributed by atoms with E-state index in [4.69, 9.17) is 0 Å². The third-order valence-corrected chi connectivity index (χ3v) is 5.79. The van der Waals surface area contributed by atoms with Crippen molar-refractivity contribution < 1.29 is 4.79 Å². The highest BCUT2D eigenvalue weighted by Crippen LogP contribution is 2.22. The van der Waals surface area contributed by atoms with Crippen LogP contribution in [0.3, 0.4) is 0 Å². The Kier molecular flexibility index (Phi) is 4.34. The fourth-order valence-corrected chi connectivity index (χ4v) is 4.17. The predicted octanol–water partition coefficient (Wildman–Crippen LogP) is 1.88. The summed E-state index contributed by atoms with van der Waals surface area (Å²) in [4.78, 5) is 34.1. The summed E-state index contributed by atoms with van der Waals surface area (Å²) in [6, 6.07) is 8.64. The molecule has 2 aromatic heterocycles. The molecule has 1 amide bonds. The van der Waals surface area contributed by atoms with Gasteiger partial charge in [0.25, 0.3) is 11.5 Å². The molecule has 4 rings (SSSR count). The zero-order chi connectivity index (χ0) is 18.3. The Balaban J connectivity index is 1.54. The number of carbonyl (C=O) groups is 1. The Morgan fingerprint density at radius 2 is 2.12 bits per heavy atom. The Hall–Kier alpha value is -2.51. The standard InChI is InChI=1S/C19H20N4O2S/c1-21-11-14-6-4-3-5-13(14)9-15(21)12-22(2)17(24)16-10-20-19-23(18(16)25)7-8-26-19/h3-8,10,15H,9,11-12H2,1-2H3. The topological polar surface area (TPSA) is 57.9 Å². The Labute approximate surface area is 155 Å². The molecule has 1 aliphatic rings. The highest BCUT2D eigenvalue weighted by atomic mass is 32.1. The summed E-state index contributed by atoms with van der Waals surface area (Å²) in [6.07, 6.45) is 3.94. The third kappa shape index (κ3) is 2.93. The van der Waals surface area contributed by atoms with Crippen LogP contribution in [0.25, 0.3) is 4.96 Å². The van der Waals surface area contributed by atoms with Gasteiger partial charge in [-0.15, -0.1) is 11.3 Å². The number of carbonyl (C=O) groups excluding carboxylic acids is 1. The fraction of sp³-hybridized carbons (Fsp3) is 0.316. The van der Waals surface area contributed by atoms with E-state index in [0.717, 1.165) is 13.0 Å². The summed E-state index contributed by atoms with van der Waals surface area (Å²) in [6.45, 7) is 1.43. The van der Waals surface area contributed by atoms with E-state index in [1.165, 1.54) is 33.1 Å². The maximum atomic E-state index is 12.8. The van der Waals surface area contributed by atoms with Gasteiger partial charge in [0.05, 0.1) is 0 Å². The number of nitrogens with zero attached hydrogens (tertiary/aromatic N) is 4. The molecule has 0 spiro atoms. The molecule has 6 nitrogen and oxygen atoms in total. The van der Waals surface area contributed by atoms with Gasteiger partial charge in [-0.3, -0.25) is 18.9 Å². The first-order chi connectivity index (χ1) is 12.5. The molecule has 134 valence electrons. The number of aromatic nitrogens is 2. The molecule has 0 saturated heterocycles. The molecule has 0 N–H and O–H groups in total. The van der Waals surface area contributed by atoms with Gasteiger partial charge in [0.2, 0.25) is 0 Å². The highest BCUT2D eigenvalue weighted by Gasteiger charge is 2.27. The summed E-state index contributed by atoms with van der Waals surface area (Å²) < 4.78 is 1.43. The molecule has 1 atom stereocenters. The largest absolute Gasteiger partial charge is 0.340 e. The second-order valence-electron chi connectivity index (χ2n) is 6.76.